The molecule has 0 spiro atoms. The molecule has 16 heavy (non-hydrogen) atoms. The lowest BCUT2D eigenvalue weighted by Gasteiger charge is -2.25. The lowest BCUT2D eigenvalue weighted by molar-refractivity contribution is 0.450. The average molecular weight is 220 g/mol. The fourth-order valence-electron chi connectivity index (χ4n) is 1.86. The van der Waals surface area contributed by atoms with Crippen LogP contribution in [0.3, 0.4) is 0 Å². The van der Waals surface area contributed by atoms with Crippen molar-refractivity contribution in [1.82, 2.24) is 10.2 Å². The second-order valence-electron chi connectivity index (χ2n) is 6.21. The second kappa shape index (κ2) is 4.52. The lowest BCUT2D eigenvalue weighted by Crippen LogP contribution is -2.21. The van der Waals surface area contributed by atoms with Crippen LogP contribution >= 0.6 is 0 Å². The van der Waals surface area contributed by atoms with Crippen LogP contribution in [0.1, 0.15) is 65.6 Å². The largest absolute Gasteiger partial charge is 0.159 e. The van der Waals surface area contributed by atoms with Crippen molar-refractivity contribution in [3.05, 3.63) is 23.5 Å². The summed E-state index contributed by atoms with van der Waals surface area (Å²) in [6, 6.07) is 2.21. The van der Waals surface area contributed by atoms with E-state index in [2.05, 4.69) is 57.8 Å². The molecule has 0 aromatic carbocycles. The summed E-state index contributed by atoms with van der Waals surface area (Å²) in [6.07, 6.45) is 4.20. The zero-order valence-electron chi connectivity index (χ0n) is 11.5. The van der Waals surface area contributed by atoms with E-state index in [0.717, 1.165) is 12.1 Å². The van der Waals surface area contributed by atoms with Gasteiger partial charge in [-0.15, -0.1) is 0 Å². The van der Waals surface area contributed by atoms with E-state index in [0.29, 0.717) is 0 Å². The molecule has 0 amide bonds. The van der Waals surface area contributed by atoms with Gasteiger partial charge in [0.2, 0.25) is 0 Å². The zero-order valence-corrected chi connectivity index (χ0v) is 11.5. The molecule has 0 fully saturated rings. The van der Waals surface area contributed by atoms with E-state index in [1.165, 1.54) is 12.0 Å². The Morgan fingerprint density at radius 2 is 1.75 bits per heavy atom. The number of aromatic nitrogens is 2. The molecule has 1 rings (SSSR count). The first kappa shape index (κ1) is 13.1. The number of hydrogen-bond acceptors (Lipinski definition) is 2. The summed E-state index contributed by atoms with van der Waals surface area (Å²) < 4.78 is 0. The van der Waals surface area contributed by atoms with Crippen LogP contribution < -0.4 is 0 Å². The molecule has 2 heteroatoms. The molecule has 0 saturated heterocycles. The van der Waals surface area contributed by atoms with Gasteiger partial charge in [0.1, 0.15) is 0 Å². The highest BCUT2D eigenvalue weighted by molar-refractivity contribution is 5.24. The Labute approximate surface area is 99.5 Å². The summed E-state index contributed by atoms with van der Waals surface area (Å²) >= 11 is 0. The minimum absolute atomic E-state index is 0.128. The number of hydrogen-bond donors (Lipinski definition) is 0. The van der Waals surface area contributed by atoms with Gasteiger partial charge in [-0.05, 0) is 23.5 Å². The molecule has 0 saturated carbocycles. The predicted molar refractivity (Wildman–Crippen MR) is 68.7 cm³/mol. The van der Waals surface area contributed by atoms with Gasteiger partial charge in [-0.2, -0.15) is 10.2 Å². The highest BCUT2D eigenvalue weighted by Gasteiger charge is 2.24. The summed E-state index contributed by atoms with van der Waals surface area (Å²) in [5, 5.41) is 8.44. The minimum Gasteiger partial charge on any atom is -0.159 e. The molecule has 0 atom stereocenters. The van der Waals surface area contributed by atoms with Gasteiger partial charge in [-0.3, -0.25) is 0 Å². The van der Waals surface area contributed by atoms with Gasteiger partial charge < -0.3 is 0 Å². The van der Waals surface area contributed by atoms with Crippen molar-refractivity contribution in [3.63, 3.8) is 0 Å². The SMILES string of the molecule is CCCC(C)(C)c1cc(C(C)(C)C)cnn1. The zero-order chi connectivity index (χ0) is 12.4. The van der Waals surface area contributed by atoms with E-state index >= 15 is 0 Å². The maximum absolute atomic E-state index is 4.29. The molecule has 0 aliphatic rings. The standard InChI is InChI=1S/C14H24N2/c1-7-8-14(5,6)12-9-11(10-15-16-12)13(2,3)4/h9-10H,7-8H2,1-6H3. The van der Waals surface area contributed by atoms with Crippen molar-refractivity contribution in [2.24, 2.45) is 0 Å². The van der Waals surface area contributed by atoms with Gasteiger partial charge in [0.25, 0.3) is 0 Å². The van der Waals surface area contributed by atoms with Crippen LogP contribution in [0.2, 0.25) is 0 Å². The van der Waals surface area contributed by atoms with E-state index in [9.17, 15) is 0 Å². The van der Waals surface area contributed by atoms with Crippen molar-refractivity contribution in [2.45, 2.75) is 65.2 Å². The topological polar surface area (TPSA) is 25.8 Å². The molecule has 0 radical (unpaired) electrons. The van der Waals surface area contributed by atoms with E-state index in [1.54, 1.807) is 0 Å². The molecule has 0 unspecified atom stereocenters. The van der Waals surface area contributed by atoms with Crippen LogP contribution in [-0.4, -0.2) is 10.2 Å². The summed E-state index contributed by atoms with van der Waals surface area (Å²) in [5.74, 6) is 0. The number of nitrogens with zero attached hydrogens (tertiary/aromatic N) is 2. The van der Waals surface area contributed by atoms with Crippen molar-refractivity contribution in [2.75, 3.05) is 0 Å². The molecule has 90 valence electrons. The van der Waals surface area contributed by atoms with Crippen LogP contribution in [0.25, 0.3) is 0 Å². The molecular weight excluding hydrogens is 196 g/mol. The normalized spacial score (nSPS) is 12.9. The Morgan fingerprint density at radius 3 is 2.25 bits per heavy atom. The van der Waals surface area contributed by atoms with Gasteiger partial charge in [-0.25, -0.2) is 0 Å². The van der Waals surface area contributed by atoms with Gasteiger partial charge in [-0.1, -0.05) is 48.0 Å². The third-order valence-electron chi connectivity index (χ3n) is 3.09. The Bertz CT molecular complexity index is 348. The highest BCUT2D eigenvalue weighted by atomic mass is 15.1. The van der Waals surface area contributed by atoms with Gasteiger partial charge in [0, 0.05) is 5.41 Å². The summed E-state index contributed by atoms with van der Waals surface area (Å²) in [5.41, 5.74) is 2.65. The third kappa shape index (κ3) is 3.03. The van der Waals surface area contributed by atoms with Crippen LogP contribution in [0.4, 0.5) is 0 Å². The van der Waals surface area contributed by atoms with Crippen molar-refractivity contribution in [1.29, 1.82) is 0 Å². The van der Waals surface area contributed by atoms with E-state index < -0.39 is 0 Å². The molecule has 0 N–H and O–H groups in total. The molecular formula is C14H24N2. The fourth-order valence-corrected chi connectivity index (χ4v) is 1.86. The second-order valence-corrected chi connectivity index (χ2v) is 6.21. The van der Waals surface area contributed by atoms with Crippen LogP contribution in [0, 0.1) is 0 Å². The highest BCUT2D eigenvalue weighted by Crippen LogP contribution is 2.29. The van der Waals surface area contributed by atoms with Gasteiger partial charge >= 0.3 is 0 Å². The first-order valence-corrected chi connectivity index (χ1v) is 6.11. The molecule has 1 aromatic heterocycles. The van der Waals surface area contributed by atoms with Crippen molar-refractivity contribution < 1.29 is 0 Å². The third-order valence-corrected chi connectivity index (χ3v) is 3.09. The van der Waals surface area contributed by atoms with Crippen LogP contribution in [0.15, 0.2) is 12.3 Å². The fraction of sp³-hybridized carbons (Fsp3) is 0.714. The Kier molecular flexibility index (Phi) is 3.72. The molecule has 2 nitrogen and oxygen atoms in total. The van der Waals surface area contributed by atoms with Crippen molar-refractivity contribution in [3.8, 4) is 0 Å². The Morgan fingerprint density at radius 1 is 1.12 bits per heavy atom. The maximum Gasteiger partial charge on any atom is 0.0690 e. The molecule has 1 heterocycles. The van der Waals surface area contributed by atoms with E-state index in [4.69, 9.17) is 0 Å². The monoisotopic (exact) mass is 220 g/mol. The van der Waals surface area contributed by atoms with Crippen LogP contribution in [0.5, 0.6) is 0 Å². The molecule has 0 bridgehead atoms. The van der Waals surface area contributed by atoms with Gasteiger partial charge in [0.15, 0.2) is 0 Å². The predicted octanol–water partition coefficient (Wildman–Crippen LogP) is 3.85. The first-order valence-electron chi connectivity index (χ1n) is 6.11. The smallest absolute Gasteiger partial charge is 0.0690 e. The summed E-state index contributed by atoms with van der Waals surface area (Å²) in [6.45, 7) is 13.3. The lowest BCUT2D eigenvalue weighted by atomic mass is 9.81. The quantitative estimate of drug-likeness (QED) is 0.773. The van der Waals surface area contributed by atoms with E-state index in [1.807, 2.05) is 6.20 Å². The summed E-state index contributed by atoms with van der Waals surface area (Å²) in [4.78, 5) is 0. The molecule has 0 aliphatic heterocycles. The Hall–Kier alpha value is -0.920. The first-order chi connectivity index (χ1) is 7.27. The minimum atomic E-state index is 0.128. The summed E-state index contributed by atoms with van der Waals surface area (Å²) in [7, 11) is 0. The maximum atomic E-state index is 4.29. The van der Waals surface area contributed by atoms with Gasteiger partial charge in [0.05, 0.1) is 11.9 Å². The average Bonchev–Trinajstić information content (AvgIpc) is 2.16. The Balaban J connectivity index is 3.08. The molecule has 0 aliphatic carbocycles. The van der Waals surface area contributed by atoms with Crippen molar-refractivity contribution >= 4 is 0 Å². The van der Waals surface area contributed by atoms with Crippen LogP contribution in [-0.2, 0) is 10.8 Å². The number of rotatable bonds is 3. The van der Waals surface area contributed by atoms with E-state index in [-0.39, 0.29) is 10.8 Å². The molecule has 1 aromatic rings.